The Bertz CT molecular complexity index is 488. The Balaban J connectivity index is 2.78. The van der Waals surface area contributed by atoms with Crippen molar-refractivity contribution in [2.75, 3.05) is 0 Å². The number of benzene rings is 1. The van der Waals surface area contributed by atoms with Gasteiger partial charge in [0.25, 0.3) is 0 Å². The molecule has 2 rings (SSSR count). The third-order valence-corrected chi connectivity index (χ3v) is 3.33. The second-order valence-electron chi connectivity index (χ2n) is 3.64. The largest absolute Gasteiger partial charge is 0.324 e. The zero-order chi connectivity index (χ0) is 11.0. The molecular formula is C11H14BrN3. The van der Waals surface area contributed by atoms with E-state index in [2.05, 4.69) is 34.0 Å². The molecule has 0 aliphatic heterocycles. The van der Waals surface area contributed by atoms with Crippen LogP contribution in [0.1, 0.15) is 25.5 Å². The molecule has 1 aromatic carbocycles. The van der Waals surface area contributed by atoms with Crippen molar-refractivity contribution in [2.24, 2.45) is 5.73 Å². The summed E-state index contributed by atoms with van der Waals surface area (Å²) < 4.78 is 2.96. The second kappa shape index (κ2) is 3.94. The topological polar surface area (TPSA) is 43.8 Å². The van der Waals surface area contributed by atoms with Crippen LogP contribution in [0.25, 0.3) is 10.9 Å². The van der Waals surface area contributed by atoms with Crippen molar-refractivity contribution < 1.29 is 0 Å². The Labute approximate surface area is 97.4 Å². The fraction of sp³-hybridized carbons (Fsp3) is 0.364. The van der Waals surface area contributed by atoms with E-state index in [1.54, 1.807) is 0 Å². The van der Waals surface area contributed by atoms with Gasteiger partial charge in [0.15, 0.2) is 0 Å². The van der Waals surface area contributed by atoms with E-state index >= 15 is 0 Å². The van der Waals surface area contributed by atoms with Crippen LogP contribution in [0.3, 0.4) is 0 Å². The lowest BCUT2D eigenvalue weighted by Gasteiger charge is -2.06. The highest BCUT2D eigenvalue weighted by Crippen LogP contribution is 2.29. The number of aryl methyl sites for hydroxylation is 1. The first-order chi connectivity index (χ1) is 7.15. The van der Waals surface area contributed by atoms with Crippen LogP contribution in [0.2, 0.25) is 0 Å². The fourth-order valence-corrected chi connectivity index (χ4v) is 2.52. The Morgan fingerprint density at radius 1 is 1.53 bits per heavy atom. The van der Waals surface area contributed by atoms with Crippen molar-refractivity contribution in [2.45, 2.75) is 26.4 Å². The summed E-state index contributed by atoms with van der Waals surface area (Å²) in [6.45, 7) is 4.92. The average Bonchev–Trinajstić information content (AvgIpc) is 2.55. The van der Waals surface area contributed by atoms with Gasteiger partial charge < -0.3 is 5.73 Å². The van der Waals surface area contributed by atoms with Gasteiger partial charge in [-0.25, -0.2) is 0 Å². The normalized spacial score (nSPS) is 13.3. The maximum atomic E-state index is 5.94. The smallest absolute Gasteiger partial charge is 0.112 e. The van der Waals surface area contributed by atoms with E-state index in [-0.39, 0.29) is 6.04 Å². The lowest BCUT2D eigenvalue weighted by molar-refractivity contribution is 0.653. The number of nitrogens with two attached hydrogens (primary N) is 1. The molecule has 3 nitrogen and oxygen atoms in total. The van der Waals surface area contributed by atoms with Crippen molar-refractivity contribution in [1.29, 1.82) is 0 Å². The molecule has 0 saturated carbocycles. The number of rotatable bonds is 2. The van der Waals surface area contributed by atoms with Gasteiger partial charge in [0.05, 0.1) is 5.52 Å². The Morgan fingerprint density at radius 3 is 2.87 bits per heavy atom. The van der Waals surface area contributed by atoms with Gasteiger partial charge in [-0.2, -0.15) is 5.10 Å². The standard InChI is InChI=1S/C11H14BrN3/c1-3-15-11(12)10-8(7(2)13)5-4-6-9(10)14-15/h4-7H,3,13H2,1-2H3. The summed E-state index contributed by atoms with van der Waals surface area (Å²) in [4.78, 5) is 0. The van der Waals surface area contributed by atoms with Gasteiger partial charge >= 0.3 is 0 Å². The first-order valence-electron chi connectivity index (χ1n) is 5.05. The molecule has 0 spiro atoms. The van der Waals surface area contributed by atoms with Gasteiger partial charge in [0.2, 0.25) is 0 Å². The third kappa shape index (κ3) is 1.68. The maximum Gasteiger partial charge on any atom is 0.112 e. The van der Waals surface area contributed by atoms with E-state index in [0.29, 0.717) is 0 Å². The minimum Gasteiger partial charge on any atom is -0.324 e. The monoisotopic (exact) mass is 267 g/mol. The molecule has 1 aromatic heterocycles. The lowest BCUT2D eigenvalue weighted by atomic mass is 10.1. The zero-order valence-electron chi connectivity index (χ0n) is 8.87. The molecule has 2 N–H and O–H groups in total. The molecule has 0 radical (unpaired) electrons. The maximum absolute atomic E-state index is 5.94. The van der Waals surface area contributed by atoms with Crippen LogP contribution in [-0.4, -0.2) is 9.78 Å². The summed E-state index contributed by atoms with van der Waals surface area (Å²) in [6, 6.07) is 6.09. The highest BCUT2D eigenvalue weighted by Gasteiger charge is 2.13. The van der Waals surface area contributed by atoms with Gasteiger partial charge in [0, 0.05) is 18.0 Å². The van der Waals surface area contributed by atoms with Crippen LogP contribution in [-0.2, 0) is 6.54 Å². The van der Waals surface area contributed by atoms with E-state index in [0.717, 1.165) is 27.6 Å². The summed E-state index contributed by atoms with van der Waals surface area (Å²) in [5, 5.41) is 5.62. The predicted octanol–water partition coefficient (Wildman–Crippen LogP) is 2.84. The molecule has 0 fully saturated rings. The molecule has 0 amide bonds. The molecule has 0 bridgehead atoms. The molecule has 1 unspecified atom stereocenters. The quantitative estimate of drug-likeness (QED) is 0.910. The summed E-state index contributed by atoms with van der Waals surface area (Å²) in [5.41, 5.74) is 8.08. The highest BCUT2D eigenvalue weighted by atomic mass is 79.9. The van der Waals surface area contributed by atoms with E-state index in [1.807, 2.05) is 23.7 Å². The Kier molecular flexibility index (Phi) is 2.80. The molecule has 1 heterocycles. The first-order valence-corrected chi connectivity index (χ1v) is 5.85. The molecule has 1 atom stereocenters. The summed E-state index contributed by atoms with van der Waals surface area (Å²) >= 11 is 3.58. The van der Waals surface area contributed by atoms with Crippen LogP contribution in [0.4, 0.5) is 0 Å². The summed E-state index contributed by atoms with van der Waals surface area (Å²) in [6.07, 6.45) is 0. The van der Waals surface area contributed by atoms with Crippen LogP contribution in [0.5, 0.6) is 0 Å². The molecule has 80 valence electrons. The van der Waals surface area contributed by atoms with Gasteiger partial charge in [-0.05, 0) is 41.4 Å². The molecule has 2 aromatic rings. The van der Waals surface area contributed by atoms with Crippen molar-refractivity contribution in [3.63, 3.8) is 0 Å². The van der Waals surface area contributed by atoms with Crippen LogP contribution in [0.15, 0.2) is 22.8 Å². The van der Waals surface area contributed by atoms with Gasteiger partial charge in [-0.3, -0.25) is 4.68 Å². The third-order valence-electron chi connectivity index (χ3n) is 2.53. The Hall–Kier alpha value is -0.870. The van der Waals surface area contributed by atoms with E-state index in [1.165, 1.54) is 0 Å². The average molecular weight is 268 g/mol. The molecule has 0 aliphatic rings. The molecule has 15 heavy (non-hydrogen) atoms. The summed E-state index contributed by atoms with van der Waals surface area (Å²) in [7, 11) is 0. The van der Waals surface area contributed by atoms with Crippen molar-refractivity contribution in [3.05, 3.63) is 28.4 Å². The van der Waals surface area contributed by atoms with Crippen molar-refractivity contribution in [1.82, 2.24) is 9.78 Å². The van der Waals surface area contributed by atoms with Gasteiger partial charge in [-0.15, -0.1) is 0 Å². The van der Waals surface area contributed by atoms with Crippen molar-refractivity contribution in [3.8, 4) is 0 Å². The van der Waals surface area contributed by atoms with E-state index < -0.39 is 0 Å². The van der Waals surface area contributed by atoms with Gasteiger partial charge in [-0.1, -0.05) is 12.1 Å². The van der Waals surface area contributed by atoms with Crippen LogP contribution >= 0.6 is 15.9 Å². The molecule has 0 saturated heterocycles. The highest BCUT2D eigenvalue weighted by molar-refractivity contribution is 9.10. The van der Waals surface area contributed by atoms with Crippen LogP contribution < -0.4 is 5.73 Å². The number of nitrogens with zero attached hydrogens (tertiary/aromatic N) is 2. The second-order valence-corrected chi connectivity index (χ2v) is 4.39. The van der Waals surface area contributed by atoms with Crippen molar-refractivity contribution >= 4 is 26.8 Å². The first kappa shape index (κ1) is 10.6. The Morgan fingerprint density at radius 2 is 2.27 bits per heavy atom. The number of hydrogen-bond donors (Lipinski definition) is 1. The van der Waals surface area contributed by atoms with Gasteiger partial charge in [0.1, 0.15) is 4.60 Å². The molecule has 0 aliphatic carbocycles. The number of hydrogen-bond acceptors (Lipinski definition) is 2. The minimum atomic E-state index is 0.0273. The molecule has 4 heteroatoms. The minimum absolute atomic E-state index is 0.0273. The van der Waals surface area contributed by atoms with E-state index in [4.69, 9.17) is 5.73 Å². The number of fused-ring (bicyclic) bond motifs is 1. The number of halogens is 1. The predicted molar refractivity (Wildman–Crippen MR) is 65.7 cm³/mol. The summed E-state index contributed by atoms with van der Waals surface area (Å²) in [5.74, 6) is 0. The van der Waals surface area contributed by atoms with E-state index in [9.17, 15) is 0 Å². The SMILES string of the molecule is CCn1nc2cccc(C(C)N)c2c1Br. The van der Waals surface area contributed by atoms with Crippen LogP contribution in [0, 0.1) is 0 Å². The number of aromatic nitrogens is 2. The molecular weight excluding hydrogens is 254 g/mol. The zero-order valence-corrected chi connectivity index (χ0v) is 10.5. The fourth-order valence-electron chi connectivity index (χ4n) is 1.76. The lowest BCUT2D eigenvalue weighted by Crippen LogP contribution is -2.05.